The van der Waals surface area contributed by atoms with E-state index in [0.29, 0.717) is 65.4 Å². The molecule has 0 saturated carbocycles. The summed E-state index contributed by atoms with van der Waals surface area (Å²) in [5.41, 5.74) is 2.67. The summed E-state index contributed by atoms with van der Waals surface area (Å²) in [4.78, 5) is 38.9. The summed E-state index contributed by atoms with van der Waals surface area (Å²) in [5, 5.41) is 0.615. The number of benzene rings is 1. The molecule has 1 aromatic carbocycles. The molecule has 172 valence electrons. The van der Waals surface area contributed by atoms with Crippen LogP contribution in [0, 0.1) is 13.8 Å². The highest BCUT2D eigenvalue weighted by atomic mass is 32.2. The number of aryl methyl sites for hydroxylation is 2. The Morgan fingerprint density at radius 3 is 2.33 bits per heavy atom. The molecule has 1 aliphatic heterocycles. The van der Waals surface area contributed by atoms with Crippen LogP contribution in [0.1, 0.15) is 32.0 Å². The molecule has 0 N–H and O–H groups in total. The Morgan fingerprint density at radius 2 is 1.73 bits per heavy atom. The molecular formula is C24H26N4O4S. The van der Waals surface area contributed by atoms with Gasteiger partial charge in [0.05, 0.1) is 24.6 Å². The molecule has 33 heavy (non-hydrogen) atoms. The van der Waals surface area contributed by atoms with E-state index in [4.69, 9.17) is 9.15 Å². The van der Waals surface area contributed by atoms with Gasteiger partial charge >= 0.3 is 0 Å². The number of hydrogen-bond acceptors (Lipinski definition) is 7. The molecule has 2 aromatic heterocycles. The van der Waals surface area contributed by atoms with Gasteiger partial charge in [-0.05, 0) is 49.9 Å². The average molecular weight is 467 g/mol. The Bertz CT molecular complexity index is 1170. The fourth-order valence-corrected chi connectivity index (χ4v) is 4.48. The van der Waals surface area contributed by atoms with Gasteiger partial charge in [0.2, 0.25) is 0 Å². The average Bonchev–Trinajstić information content (AvgIpc) is 3.38. The maximum Gasteiger partial charge on any atom is 0.258 e. The molecular weight excluding hydrogens is 440 g/mol. The van der Waals surface area contributed by atoms with Crippen LogP contribution >= 0.6 is 11.8 Å². The summed E-state index contributed by atoms with van der Waals surface area (Å²) in [6, 6.07) is 9.02. The monoisotopic (exact) mass is 466 g/mol. The molecule has 0 radical (unpaired) electrons. The van der Waals surface area contributed by atoms with Crippen molar-refractivity contribution in [3.63, 3.8) is 0 Å². The first-order valence-corrected chi connectivity index (χ1v) is 11.8. The normalized spacial score (nSPS) is 13.8. The molecule has 3 heterocycles. The van der Waals surface area contributed by atoms with Gasteiger partial charge in [-0.25, -0.2) is 9.97 Å². The van der Waals surface area contributed by atoms with E-state index in [1.807, 2.05) is 32.2 Å². The largest absolute Gasteiger partial charge is 0.496 e. The van der Waals surface area contributed by atoms with Gasteiger partial charge in [0.25, 0.3) is 11.8 Å². The van der Waals surface area contributed by atoms with Crippen molar-refractivity contribution in [3.05, 3.63) is 59.0 Å². The van der Waals surface area contributed by atoms with Crippen molar-refractivity contribution >= 4 is 23.6 Å². The first-order valence-electron chi connectivity index (χ1n) is 10.6. The van der Waals surface area contributed by atoms with Gasteiger partial charge in [-0.1, -0.05) is 6.07 Å². The van der Waals surface area contributed by atoms with Crippen molar-refractivity contribution in [1.82, 2.24) is 19.8 Å². The summed E-state index contributed by atoms with van der Waals surface area (Å²) < 4.78 is 10.7. The predicted octanol–water partition coefficient (Wildman–Crippen LogP) is 3.68. The lowest BCUT2D eigenvalue weighted by Crippen LogP contribution is -2.50. The molecule has 1 aliphatic rings. The number of hydrogen-bond donors (Lipinski definition) is 0. The number of aromatic nitrogens is 2. The van der Waals surface area contributed by atoms with Crippen molar-refractivity contribution in [3.8, 4) is 17.3 Å². The van der Waals surface area contributed by atoms with E-state index in [0.717, 1.165) is 5.56 Å². The number of thioether (sulfide) groups is 1. The smallest absolute Gasteiger partial charge is 0.258 e. The van der Waals surface area contributed by atoms with Crippen molar-refractivity contribution in [2.24, 2.45) is 0 Å². The van der Waals surface area contributed by atoms with E-state index >= 15 is 0 Å². The second-order valence-electron chi connectivity index (χ2n) is 7.76. The number of carbonyl (C=O) groups excluding carboxylic acids is 2. The van der Waals surface area contributed by atoms with E-state index in [1.54, 1.807) is 41.4 Å². The highest BCUT2D eigenvalue weighted by Crippen LogP contribution is 2.27. The summed E-state index contributed by atoms with van der Waals surface area (Å²) in [6.07, 6.45) is 3.45. The van der Waals surface area contributed by atoms with Gasteiger partial charge < -0.3 is 19.0 Å². The van der Waals surface area contributed by atoms with Crippen LogP contribution in [0.4, 0.5) is 0 Å². The predicted molar refractivity (Wildman–Crippen MR) is 126 cm³/mol. The number of amides is 2. The number of carbonyl (C=O) groups is 2. The molecule has 0 spiro atoms. The highest BCUT2D eigenvalue weighted by Gasteiger charge is 2.29. The van der Waals surface area contributed by atoms with E-state index in [9.17, 15) is 9.59 Å². The van der Waals surface area contributed by atoms with Crippen LogP contribution in [0.3, 0.4) is 0 Å². The fraction of sp³-hybridized carbons (Fsp3) is 0.333. The minimum Gasteiger partial charge on any atom is -0.496 e. The van der Waals surface area contributed by atoms with Gasteiger partial charge in [-0.3, -0.25) is 9.59 Å². The van der Waals surface area contributed by atoms with Crippen LogP contribution < -0.4 is 4.74 Å². The van der Waals surface area contributed by atoms with Crippen LogP contribution in [-0.2, 0) is 0 Å². The first-order chi connectivity index (χ1) is 15.9. The van der Waals surface area contributed by atoms with Crippen LogP contribution in [-0.4, -0.2) is 71.1 Å². The Morgan fingerprint density at radius 1 is 1.03 bits per heavy atom. The minimum atomic E-state index is -0.119. The first kappa shape index (κ1) is 22.8. The number of rotatable bonds is 5. The number of furan rings is 1. The molecule has 8 nitrogen and oxygen atoms in total. The molecule has 0 atom stereocenters. The molecule has 1 fully saturated rings. The Balaban J connectivity index is 1.48. The number of methoxy groups -OCH3 is 1. The Kier molecular flexibility index (Phi) is 6.69. The van der Waals surface area contributed by atoms with E-state index < -0.39 is 0 Å². The van der Waals surface area contributed by atoms with Crippen LogP contribution in [0.15, 0.2) is 46.0 Å². The molecule has 3 aromatic rings. The highest BCUT2D eigenvalue weighted by molar-refractivity contribution is 7.98. The topological polar surface area (TPSA) is 88.8 Å². The summed E-state index contributed by atoms with van der Waals surface area (Å²) in [6.45, 7) is 5.56. The molecule has 9 heteroatoms. The second-order valence-corrected chi connectivity index (χ2v) is 8.56. The molecule has 0 unspecified atom stereocenters. The van der Waals surface area contributed by atoms with Gasteiger partial charge in [0.15, 0.2) is 11.6 Å². The van der Waals surface area contributed by atoms with Crippen molar-refractivity contribution in [1.29, 1.82) is 0 Å². The number of piperazine rings is 1. The molecule has 2 amide bonds. The van der Waals surface area contributed by atoms with Gasteiger partial charge in [0, 0.05) is 31.7 Å². The Hall–Kier alpha value is -3.33. The van der Waals surface area contributed by atoms with Crippen molar-refractivity contribution in [2.45, 2.75) is 18.9 Å². The number of nitrogens with zero attached hydrogens (tertiary/aromatic N) is 4. The van der Waals surface area contributed by atoms with Crippen molar-refractivity contribution in [2.75, 3.05) is 39.5 Å². The fourth-order valence-electron chi connectivity index (χ4n) is 3.86. The minimum absolute atomic E-state index is 0.0625. The summed E-state index contributed by atoms with van der Waals surface area (Å²) in [5.74, 6) is 1.53. The molecule has 1 saturated heterocycles. The molecule has 0 aliphatic carbocycles. The SMILES string of the molecule is COc1cc(C(=O)N2CCN(C(=O)c3c(C)nc(-c4ccco4)nc3SC)CC2)ccc1C. The standard InChI is InChI=1S/C24H26N4O4S/c1-15-7-8-17(14-19(15)31-3)23(29)27-9-11-28(12-10-27)24(30)20-16(2)25-21(26-22(20)33-4)18-6-5-13-32-18/h5-8,13-14H,9-12H2,1-4H3. The van der Waals surface area contributed by atoms with Crippen LogP contribution in [0.2, 0.25) is 0 Å². The third-order valence-electron chi connectivity index (χ3n) is 5.71. The van der Waals surface area contributed by atoms with Gasteiger partial charge in [-0.15, -0.1) is 11.8 Å². The van der Waals surface area contributed by atoms with Crippen LogP contribution in [0.5, 0.6) is 5.75 Å². The lowest BCUT2D eigenvalue weighted by atomic mass is 10.1. The van der Waals surface area contributed by atoms with Crippen molar-refractivity contribution < 1.29 is 18.7 Å². The van der Waals surface area contributed by atoms with Gasteiger partial charge in [-0.2, -0.15) is 0 Å². The molecule has 0 bridgehead atoms. The quantitative estimate of drug-likeness (QED) is 0.419. The van der Waals surface area contributed by atoms with E-state index in [2.05, 4.69) is 9.97 Å². The maximum absolute atomic E-state index is 13.4. The van der Waals surface area contributed by atoms with E-state index in [1.165, 1.54) is 11.8 Å². The third-order valence-corrected chi connectivity index (χ3v) is 6.40. The van der Waals surface area contributed by atoms with E-state index in [-0.39, 0.29) is 11.8 Å². The summed E-state index contributed by atoms with van der Waals surface area (Å²) >= 11 is 1.40. The molecule has 4 rings (SSSR count). The van der Waals surface area contributed by atoms with Gasteiger partial charge in [0.1, 0.15) is 10.8 Å². The maximum atomic E-state index is 13.4. The second kappa shape index (κ2) is 9.66. The third kappa shape index (κ3) is 4.59. The zero-order chi connectivity index (χ0) is 23.5. The Labute approximate surface area is 197 Å². The zero-order valence-electron chi connectivity index (χ0n) is 19.1. The zero-order valence-corrected chi connectivity index (χ0v) is 19.9. The lowest BCUT2D eigenvalue weighted by Gasteiger charge is -2.35. The summed E-state index contributed by atoms with van der Waals surface area (Å²) in [7, 11) is 1.59. The van der Waals surface area contributed by atoms with Crippen LogP contribution in [0.25, 0.3) is 11.6 Å². The number of ether oxygens (including phenoxy) is 1. The lowest BCUT2D eigenvalue weighted by molar-refractivity contribution is 0.0532.